The monoisotopic (exact) mass is 123 g/mol. The van der Waals surface area contributed by atoms with E-state index in [0.29, 0.717) is 0 Å². The first kappa shape index (κ1) is 6.26. The van der Waals surface area contributed by atoms with Gasteiger partial charge in [0, 0.05) is 0 Å². The first-order chi connectivity index (χ1) is 4.30. The maximum Gasteiger partial charge on any atom is 0.128 e. The van der Waals surface area contributed by atoms with Crippen molar-refractivity contribution >= 4 is 0 Å². The van der Waals surface area contributed by atoms with Gasteiger partial charge in [-0.1, -0.05) is 30.3 Å². The SMILES string of the molecule is NC(O)c1ccccc1. The molecule has 2 nitrogen and oxygen atoms in total. The van der Waals surface area contributed by atoms with Gasteiger partial charge >= 0.3 is 0 Å². The smallest absolute Gasteiger partial charge is 0.128 e. The molecular formula is C7H9NO. The molecular weight excluding hydrogens is 114 g/mol. The van der Waals surface area contributed by atoms with E-state index in [0.717, 1.165) is 5.56 Å². The third-order valence-corrected chi connectivity index (χ3v) is 1.14. The molecule has 9 heavy (non-hydrogen) atoms. The summed E-state index contributed by atoms with van der Waals surface area (Å²) in [5.41, 5.74) is 5.92. The van der Waals surface area contributed by atoms with Crippen LogP contribution >= 0.6 is 0 Å². The highest BCUT2D eigenvalue weighted by molar-refractivity contribution is 5.15. The molecule has 0 fully saturated rings. The minimum Gasteiger partial charge on any atom is -0.375 e. The van der Waals surface area contributed by atoms with Crippen molar-refractivity contribution in [2.75, 3.05) is 0 Å². The zero-order valence-electron chi connectivity index (χ0n) is 4.99. The molecule has 1 atom stereocenters. The Morgan fingerprint density at radius 2 is 1.78 bits per heavy atom. The average Bonchev–Trinajstić information content (AvgIpc) is 1.90. The second-order valence-corrected chi connectivity index (χ2v) is 1.86. The van der Waals surface area contributed by atoms with Gasteiger partial charge in [0.15, 0.2) is 0 Å². The Morgan fingerprint density at radius 3 is 2.11 bits per heavy atom. The highest BCUT2D eigenvalue weighted by Crippen LogP contribution is 2.04. The third kappa shape index (κ3) is 1.52. The zero-order chi connectivity index (χ0) is 6.69. The number of benzene rings is 1. The fraction of sp³-hybridized carbons (Fsp3) is 0.143. The van der Waals surface area contributed by atoms with Crippen LogP contribution < -0.4 is 5.73 Å². The van der Waals surface area contributed by atoms with Gasteiger partial charge in [0.1, 0.15) is 6.23 Å². The summed E-state index contributed by atoms with van der Waals surface area (Å²) < 4.78 is 0. The van der Waals surface area contributed by atoms with Crippen LogP contribution in [-0.4, -0.2) is 5.11 Å². The maximum absolute atomic E-state index is 8.80. The predicted octanol–water partition coefficient (Wildman–Crippen LogP) is 0.636. The van der Waals surface area contributed by atoms with Crippen molar-refractivity contribution in [3.8, 4) is 0 Å². The average molecular weight is 123 g/mol. The van der Waals surface area contributed by atoms with Gasteiger partial charge in [-0.15, -0.1) is 0 Å². The molecule has 1 aromatic carbocycles. The normalized spacial score (nSPS) is 13.1. The van der Waals surface area contributed by atoms with Crippen LogP contribution in [0.5, 0.6) is 0 Å². The second kappa shape index (κ2) is 2.62. The number of hydrogen-bond donors (Lipinski definition) is 2. The summed E-state index contributed by atoms with van der Waals surface area (Å²) >= 11 is 0. The van der Waals surface area contributed by atoms with E-state index in [1.807, 2.05) is 18.2 Å². The maximum atomic E-state index is 8.80. The molecule has 2 heteroatoms. The van der Waals surface area contributed by atoms with E-state index < -0.39 is 6.23 Å². The highest BCUT2D eigenvalue weighted by Gasteiger charge is 1.95. The number of hydrogen-bond acceptors (Lipinski definition) is 2. The van der Waals surface area contributed by atoms with Crippen molar-refractivity contribution in [2.24, 2.45) is 5.73 Å². The van der Waals surface area contributed by atoms with E-state index in [2.05, 4.69) is 0 Å². The topological polar surface area (TPSA) is 46.2 Å². The molecule has 0 amide bonds. The minimum atomic E-state index is -0.841. The molecule has 3 N–H and O–H groups in total. The molecule has 1 aromatic rings. The molecule has 48 valence electrons. The van der Waals surface area contributed by atoms with Gasteiger partial charge in [-0.25, -0.2) is 0 Å². The van der Waals surface area contributed by atoms with E-state index in [1.54, 1.807) is 12.1 Å². The lowest BCUT2D eigenvalue weighted by Crippen LogP contribution is -2.07. The molecule has 0 aromatic heterocycles. The molecule has 1 unspecified atom stereocenters. The summed E-state index contributed by atoms with van der Waals surface area (Å²) in [5, 5.41) is 8.80. The molecule has 0 saturated carbocycles. The van der Waals surface area contributed by atoms with Crippen molar-refractivity contribution in [1.29, 1.82) is 0 Å². The molecule has 0 aliphatic rings. The predicted molar refractivity (Wildman–Crippen MR) is 35.6 cm³/mol. The van der Waals surface area contributed by atoms with Crippen LogP contribution in [0.1, 0.15) is 11.8 Å². The largest absolute Gasteiger partial charge is 0.375 e. The number of aliphatic hydroxyl groups is 1. The van der Waals surface area contributed by atoms with E-state index >= 15 is 0 Å². The number of aliphatic hydroxyl groups excluding tert-OH is 1. The molecule has 0 spiro atoms. The zero-order valence-corrected chi connectivity index (χ0v) is 4.99. The summed E-state index contributed by atoms with van der Waals surface area (Å²) in [5.74, 6) is 0. The minimum absolute atomic E-state index is 0.748. The van der Waals surface area contributed by atoms with Crippen LogP contribution in [0.2, 0.25) is 0 Å². The number of nitrogens with two attached hydrogens (primary N) is 1. The van der Waals surface area contributed by atoms with Crippen LogP contribution in [-0.2, 0) is 0 Å². The molecule has 0 aliphatic carbocycles. The van der Waals surface area contributed by atoms with Gasteiger partial charge in [0.05, 0.1) is 0 Å². The molecule has 0 radical (unpaired) electrons. The summed E-state index contributed by atoms with van der Waals surface area (Å²) in [6.45, 7) is 0. The van der Waals surface area contributed by atoms with Crippen molar-refractivity contribution in [1.82, 2.24) is 0 Å². The Kier molecular flexibility index (Phi) is 1.82. The van der Waals surface area contributed by atoms with Gasteiger partial charge in [0.25, 0.3) is 0 Å². The van der Waals surface area contributed by atoms with Crippen LogP contribution in [0, 0.1) is 0 Å². The van der Waals surface area contributed by atoms with Gasteiger partial charge in [0.2, 0.25) is 0 Å². The van der Waals surface area contributed by atoms with Crippen LogP contribution in [0.3, 0.4) is 0 Å². The van der Waals surface area contributed by atoms with Crippen LogP contribution in [0.4, 0.5) is 0 Å². The van der Waals surface area contributed by atoms with E-state index in [-0.39, 0.29) is 0 Å². The quantitative estimate of drug-likeness (QED) is 0.538. The lowest BCUT2D eigenvalue weighted by molar-refractivity contribution is 0.186. The summed E-state index contributed by atoms with van der Waals surface area (Å²) in [4.78, 5) is 0. The Bertz CT molecular complexity index is 172. The van der Waals surface area contributed by atoms with Crippen molar-refractivity contribution in [2.45, 2.75) is 6.23 Å². The lowest BCUT2D eigenvalue weighted by atomic mass is 10.2. The Hall–Kier alpha value is -0.860. The Labute approximate surface area is 53.9 Å². The van der Waals surface area contributed by atoms with Crippen molar-refractivity contribution in [3.63, 3.8) is 0 Å². The summed E-state index contributed by atoms with van der Waals surface area (Å²) in [6.07, 6.45) is -0.841. The van der Waals surface area contributed by atoms with E-state index in [1.165, 1.54) is 0 Å². The number of rotatable bonds is 1. The fourth-order valence-corrected chi connectivity index (χ4v) is 0.650. The first-order valence-corrected chi connectivity index (χ1v) is 2.79. The van der Waals surface area contributed by atoms with Gasteiger partial charge in [-0.3, -0.25) is 0 Å². The Balaban J connectivity index is 2.85. The lowest BCUT2D eigenvalue weighted by Gasteiger charge is -2.01. The van der Waals surface area contributed by atoms with Gasteiger partial charge in [-0.05, 0) is 5.56 Å². The molecule has 1 rings (SSSR count). The molecule has 0 saturated heterocycles. The van der Waals surface area contributed by atoms with Gasteiger partial charge < -0.3 is 10.8 Å². The summed E-state index contributed by atoms with van der Waals surface area (Å²) in [7, 11) is 0. The molecule has 0 heterocycles. The van der Waals surface area contributed by atoms with E-state index in [9.17, 15) is 0 Å². The van der Waals surface area contributed by atoms with Gasteiger partial charge in [-0.2, -0.15) is 0 Å². The molecule has 0 bridgehead atoms. The van der Waals surface area contributed by atoms with Crippen molar-refractivity contribution < 1.29 is 5.11 Å². The highest BCUT2D eigenvalue weighted by atomic mass is 16.3. The van der Waals surface area contributed by atoms with Crippen molar-refractivity contribution in [3.05, 3.63) is 35.9 Å². The standard InChI is InChI=1S/C7H9NO/c8-7(9)6-4-2-1-3-5-6/h1-5,7,9H,8H2. The fourth-order valence-electron chi connectivity index (χ4n) is 0.650. The molecule has 0 aliphatic heterocycles. The van der Waals surface area contributed by atoms with Crippen LogP contribution in [0.15, 0.2) is 30.3 Å². The van der Waals surface area contributed by atoms with Crippen LogP contribution in [0.25, 0.3) is 0 Å². The Morgan fingerprint density at radius 1 is 1.22 bits per heavy atom. The van der Waals surface area contributed by atoms with E-state index in [4.69, 9.17) is 10.8 Å². The summed E-state index contributed by atoms with van der Waals surface area (Å²) in [6, 6.07) is 9.12. The first-order valence-electron chi connectivity index (χ1n) is 2.79. The third-order valence-electron chi connectivity index (χ3n) is 1.14. The second-order valence-electron chi connectivity index (χ2n) is 1.86.